The van der Waals surface area contributed by atoms with E-state index in [2.05, 4.69) is 25.6 Å². The van der Waals surface area contributed by atoms with E-state index in [0.717, 1.165) is 6.42 Å². The van der Waals surface area contributed by atoms with Crippen LogP contribution in [0.5, 0.6) is 0 Å². The lowest BCUT2D eigenvalue weighted by atomic mass is 10.1. The Hall–Kier alpha value is 0.350. The summed E-state index contributed by atoms with van der Waals surface area (Å²) < 4.78 is 0. The molecule has 1 heteroatoms. The van der Waals surface area contributed by atoms with E-state index in [-0.39, 0.29) is 0 Å². The first-order chi connectivity index (χ1) is 9.41. The minimum atomic E-state index is 1.12. The molecule has 0 nitrogen and oxygen atoms in total. The molecule has 115 valence electrons. The van der Waals surface area contributed by atoms with Crippen LogP contribution in [0.15, 0.2) is 0 Å². The lowest BCUT2D eigenvalue weighted by Crippen LogP contribution is -1.86. The lowest BCUT2D eigenvalue weighted by molar-refractivity contribution is 0.586. The van der Waals surface area contributed by atoms with Crippen molar-refractivity contribution in [2.24, 2.45) is 0 Å². The highest BCUT2D eigenvalue weighted by molar-refractivity contribution is 7.99. The third-order valence-electron chi connectivity index (χ3n) is 3.68. The predicted octanol–water partition coefficient (Wildman–Crippen LogP) is 7.03. The maximum Gasteiger partial charge on any atom is -0.00675 e. The molecule has 0 unspecified atom stereocenters. The molecule has 0 bridgehead atoms. The molecule has 0 N–H and O–H groups in total. The Kier molecular flexibility index (Phi) is 18.7. The second kappa shape index (κ2) is 18.4. The SMILES string of the molecule is [CH2]CCCCCCCSCCCCCCCCCC. The fraction of sp³-hybridized carbons (Fsp3) is 0.944. The van der Waals surface area contributed by atoms with E-state index in [1.54, 1.807) is 0 Å². The molecule has 0 aromatic carbocycles. The zero-order chi connectivity index (χ0) is 14.0. The monoisotopic (exact) mass is 285 g/mol. The third-order valence-corrected chi connectivity index (χ3v) is 4.84. The van der Waals surface area contributed by atoms with Crippen molar-refractivity contribution in [2.75, 3.05) is 11.5 Å². The van der Waals surface area contributed by atoms with Crippen molar-refractivity contribution in [1.82, 2.24) is 0 Å². The number of thioether (sulfide) groups is 1. The maximum absolute atomic E-state index is 3.88. The quantitative estimate of drug-likeness (QED) is 0.274. The highest BCUT2D eigenvalue weighted by Gasteiger charge is 1.94. The minimum Gasteiger partial charge on any atom is -0.162 e. The van der Waals surface area contributed by atoms with Gasteiger partial charge in [-0.05, 0) is 24.3 Å². The highest BCUT2D eigenvalue weighted by Crippen LogP contribution is 2.13. The fourth-order valence-electron chi connectivity index (χ4n) is 2.35. The van der Waals surface area contributed by atoms with Gasteiger partial charge in [-0.1, -0.05) is 90.9 Å². The fourth-order valence-corrected chi connectivity index (χ4v) is 3.37. The van der Waals surface area contributed by atoms with Crippen LogP contribution in [-0.2, 0) is 0 Å². The van der Waals surface area contributed by atoms with Crippen LogP contribution in [-0.4, -0.2) is 11.5 Å². The zero-order valence-corrected chi connectivity index (χ0v) is 14.2. The normalized spacial score (nSPS) is 11.1. The van der Waals surface area contributed by atoms with Crippen LogP contribution in [0.25, 0.3) is 0 Å². The van der Waals surface area contributed by atoms with Crippen molar-refractivity contribution < 1.29 is 0 Å². The molecule has 0 aromatic heterocycles. The van der Waals surface area contributed by atoms with Gasteiger partial charge in [-0.2, -0.15) is 11.8 Å². The first kappa shape index (κ1) is 19.4. The van der Waals surface area contributed by atoms with Crippen molar-refractivity contribution in [1.29, 1.82) is 0 Å². The summed E-state index contributed by atoms with van der Waals surface area (Å²) in [5.74, 6) is 2.79. The Morgan fingerprint density at radius 3 is 1.47 bits per heavy atom. The molecule has 0 saturated carbocycles. The van der Waals surface area contributed by atoms with Crippen molar-refractivity contribution in [3.8, 4) is 0 Å². The van der Waals surface area contributed by atoms with Crippen LogP contribution in [0.1, 0.15) is 96.8 Å². The van der Waals surface area contributed by atoms with Gasteiger partial charge >= 0.3 is 0 Å². The number of hydrogen-bond acceptors (Lipinski definition) is 1. The average Bonchev–Trinajstić information content (AvgIpc) is 2.43. The van der Waals surface area contributed by atoms with Crippen molar-refractivity contribution in [2.45, 2.75) is 96.8 Å². The van der Waals surface area contributed by atoms with E-state index < -0.39 is 0 Å². The molecule has 1 radical (unpaired) electrons. The second-order valence-corrected chi connectivity index (χ2v) is 6.93. The van der Waals surface area contributed by atoms with Gasteiger partial charge in [0.05, 0.1) is 0 Å². The predicted molar refractivity (Wildman–Crippen MR) is 93.0 cm³/mol. The molecule has 0 fully saturated rings. The van der Waals surface area contributed by atoms with Crippen molar-refractivity contribution in [3.05, 3.63) is 6.92 Å². The molecule has 0 amide bonds. The second-order valence-electron chi connectivity index (χ2n) is 5.71. The summed E-state index contributed by atoms with van der Waals surface area (Å²) in [5.41, 5.74) is 0. The van der Waals surface area contributed by atoms with E-state index in [1.807, 2.05) is 0 Å². The summed E-state index contributed by atoms with van der Waals surface area (Å²) in [6.45, 7) is 6.17. The van der Waals surface area contributed by atoms with Crippen molar-refractivity contribution in [3.63, 3.8) is 0 Å². The Bertz CT molecular complexity index is 129. The van der Waals surface area contributed by atoms with Gasteiger partial charge in [0.1, 0.15) is 0 Å². The number of rotatable bonds is 16. The largest absolute Gasteiger partial charge is 0.162 e. The van der Waals surface area contributed by atoms with Crippen LogP contribution < -0.4 is 0 Å². The molecule has 19 heavy (non-hydrogen) atoms. The first-order valence-corrected chi connectivity index (χ1v) is 9.94. The molecular formula is C18H37S. The van der Waals surface area contributed by atoms with Crippen LogP contribution in [0, 0.1) is 6.92 Å². The van der Waals surface area contributed by atoms with Gasteiger partial charge in [0.25, 0.3) is 0 Å². The van der Waals surface area contributed by atoms with Gasteiger partial charge in [-0.25, -0.2) is 0 Å². The maximum atomic E-state index is 3.88. The van der Waals surface area contributed by atoms with E-state index in [0.29, 0.717) is 0 Å². The summed E-state index contributed by atoms with van der Waals surface area (Å²) in [5, 5.41) is 0. The van der Waals surface area contributed by atoms with Gasteiger partial charge in [0.15, 0.2) is 0 Å². The van der Waals surface area contributed by atoms with Crippen molar-refractivity contribution >= 4 is 11.8 Å². The molecule has 0 spiro atoms. The standard InChI is InChI=1S/C18H37S/c1-3-5-7-9-11-12-14-16-18-19-17-15-13-10-8-6-4-2/h2-18H2,1H3. The van der Waals surface area contributed by atoms with Gasteiger partial charge in [-0.3, -0.25) is 0 Å². The van der Waals surface area contributed by atoms with Crippen LogP contribution in [0.2, 0.25) is 0 Å². The summed E-state index contributed by atoms with van der Waals surface area (Å²) in [7, 11) is 0. The molecule has 0 atom stereocenters. The van der Waals surface area contributed by atoms with Crippen LogP contribution in [0.4, 0.5) is 0 Å². The summed E-state index contributed by atoms with van der Waals surface area (Å²) in [4.78, 5) is 0. The first-order valence-electron chi connectivity index (χ1n) is 8.78. The Morgan fingerprint density at radius 2 is 1.00 bits per heavy atom. The summed E-state index contributed by atoms with van der Waals surface area (Å²) in [6, 6.07) is 0. The number of hydrogen-bond donors (Lipinski definition) is 0. The zero-order valence-electron chi connectivity index (χ0n) is 13.4. The topological polar surface area (TPSA) is 0 Å². The molecule has 0 heterocycles. The van der Waals surface area contributed by atoms with Gasteiger partial charge in [0, 0.05) is 0 Å². The Labute approximate surface area is 127 Å². The van der Waals surface area contributed by atoms with Gasteiger partial charge < -0.3 is 0 Å². The highest BCUT2D eigenvalue weighted by atomic mass is 32.2. The third kappa shape index (κ3) is 18.4. The lowest BCUT2D eigenvalue weighted by Gasteiger charge is -2.03. The molecule has 0 aliphatic heterocycles. The van der Waals surface area contributed by atoms with Crippen LogP contribution >= 0.6 is 11.8 Å². The van der Waals surface area contributed by atoms with Crippen LogP contribution in [0.3, 0.4) is 0 Å². The van der Waals surface area contributed by atoms with Gasteiger partial charge in [-0.15, -0.1) is 0 Å². The molecule has 0 saturated heterocycles. The smallest absolute Gasteiger partial charge is 0.00675 e. The molecule has 0 aromatic rings. The van der Waals surface area contributed by atoms with E-state index in [1.165, 1.54) is 95.0 Å². The average molecular weight is 286 g/mol. The van der Waals surface area contributed by atoms with E-state index >= 15 is 0 Å². The molecule has 0 aliphatic rings. The van der Waals surface area contributed by atoms with E-state index in [9.17, 15) is 0 Å². The minimum absolute atomic E-state index is 1.12. The summed E-state index contributed by atoms with van der Waals surface area (Å²) in [6.07, 6.45) is 19.7. The number of unbranched alkanes of at least 4 members (excludes halogenated alkanes) is 12. The molecule has 0 aliphatic carbocycles. The molecule has 0 rings (SSSR count). The van der Waals surface area contributed by atoms with E-state index in [4.69, 9.17) is 0 Å². The summed E-state index contributed by atoms with van der Waals surface area (Å²) >= 11 is 2.18. The Balaban J connectivity index is 2.88. The molecular weight excluding hydrogens is 248 g/mol. The van der Waals surface area contributed by atoms with Gasteiger partial charge in [0.2, 0.25) is 0 Å². The Morgan fingerprint density at radius 1 is 0.579 bits per heavy atom.